The Morgan fingerprint density at radius 2 is 1.89 bits per heavy atom. The Balaban J connectivity index is 2.23. The number of hydrogen-bond donors (Lipinski definition) is 1. The molecule has 2 rings (SSSR count). The third-order valence-corrected chi connectivity index (χ3v) is 6.08. The number of benzene rings is 1. The topological polar surface area (TPSA) is 60.2 Å². The molecule has 2 N–H and O–H groups in total. The van der Waals surface area contributed by atoms with Crippen LogP contribution in [0.25, 0.3) is 0 Å². The summed E-state index contributed by atoms with van der Waals surface area (Å²) in [5, 5.41) is 0.625. The molecule has 1 aliphatic carbocycles. The Labute approximate surface area is 117 Å². The van der Waals surface area contributed by atoms with Gasteiger partial charge in [-0.1, -0.05) is 23.2 Å². The van der Waals surface area contributed by atoms with Crippen LogP contribution in [0.3, 0.4) is 0 Å². The summed E-state index contributed by atoms with van der Waals surface area (Å²) in [4.78, 5) is 0.236. The Bertz CT molecular complexity index is 553. The molecule has 0 heterocycles. The molecule has 0 atom stereocenters. The molecule has 100 valence electrons. The molecule has 0 aromatic heterocycles. The van der Waals surface area contributed by atoms with E-state index < -0.39 is 9.84 Å². The normalized spacial score (nSPS) is 17.7. The number of halogens is 2. The molecule has 1 aliphatic rings. The summed E-state index contributed by atoms with van der Waals surface area (Å²) < 4.78 is 24.6. The van der Waals surface area contributed by atoms with Crippen LogP contribution >= 0.6 is 23.2 Å². The molecule has 1 aromatic rings. The third-order valence-electron chi connectivity index (χ3n) is 3.38. The number of rotatable bonds is 5. The molecule has 0 spiro atoms. The van der Waals surface area contributed by atoms with E-state index in [2.05, 4.69) is 0 Å². The van der Waals surface area contributed by atoms with Gasteiger partial charge in [-0.25, -0.2) is 8.42 Å². The molecular formula is C12H15Cl2NO2S. The zero-order chi connectivity index (χ0) is 13.4. The second kappa shape index (κ2) is 5.00. The third kappa shape index (κ3) is 2.99. The van der Waals surface area contributed by atoms with Gasteiger partial charge in [-0.05, 0) is 49.4 Å². The van der Waals surface area contributed by atoms with E-state index in [1.807, 2.05) is 0 Å². The molecule has 0 aliphatic heterocycles. The second-order valence-electron chi connectivity index (χ2n) is 4.87. The lowest BCUT2D eigenvalue weighted by Crippen LogP contribution is -2.20. The largest absolute Gasteiger partial charge is 0.330 e. The van der Waals surface area contributed by atoms with Crippen molar-refractivity contribution in [1.29, 1.82) is 0 Å². The van der Waals surface area contributed by atoms with Crippen LogP contribution in [0.15, 0.2) is 23.1 Å². The molecule has 1 saturated carbocycles. The van der Waals surface area contributed by atoms with E-state index in [-0.39, 0.29) is 21.1 Å². The minimum absolute atomic E-state index is 0.111. The maximum atomic E-state index is 12.3. The lowest BCUT2D eigenvalue weighted by Gasteiger charge is -2.14. The van der Waals surface area contributed by atoms with E-state index in [1.54, 1.807) is 0 Å². The smallest absolute Gasteiger partial charge is 0.178 e. The quantitative estimate of drug-likeness (QED) is 0.910. The van der Waals surface area contributed by atoms with Gasteiger partial charge in [0, 0.05) is 0 Å². The van der Waals surface area contributed by atoms with Gasteiger partial charge < -0.3 is 5.73 Å². The van der Waals surface area contributed by atoms with Gasteiger partial charge in [-0.2, -0.15) is 0 Å². The predicted octanol–water partition coefficient (Wildman–Crippen LogP) is 2.90. The molecule has 0 unspecified atom stereocenters. The summed E-state index contributed by atoms with van der Waals surface area (Å²) >= 11 is 11.6. The molecule has 0 bridgehead atoms. The van der Waals surface area contributed by atoms with Crippen LogP contribution in [0.4, 0.5) is 0 Å². The van der Waals surface area contributed by atoms with Crippen LogP contribution in [0.1, 0.15) is 19.3 Å². The Hall–Kier alpha value is -0.290. The summed E-state index contributed by atoms with van der Waals surface area (Å²) in [6, 6.07) is 4.43. The van der Waals surface area contributed by atoms with Crippen molar-refractivity contribution in [3.8, 4) is 0 Å². The van der Waals surface area contributed by atoms with Crippen LogP contribution in [0, 0.1) is 5.41 Å². The highest BCUT2D eigenvalue weighted by Gasteiger charge is 2.45. The minimum atomic E-state index is -3.32. The number of nitrogens with two attached hydrogens (primary N) is 1. The number of sulfone groups is 1. The zero-order valence-electron chi connectivity index (χ0n) is 9.83. The van der Waals surface area contributed by atoms with E-state index in [0.717, 1.165) is 19.3 Å². The fourth-order valence-electron chi connectivity index (χ4n) is 2.11. The van der Waals surface area contributed by atoms with E-state index in [4.69, 9.17) is 28.9 Å². The zero-order valence-corrected chi connectivity index (χ0v) is 12.2. The molecule has 6 heteroatoms. The standard InChI is InChI=1S/C12H15Cl2NO2S/c13-10-2-1-9(7-11(10)14)18(16,17)8-12(3-4-12)5-6-15/h1-2,7H,3-6,8,15H2. The van der Waals surface area contributed by atoms with Gasteiger partial charge in [-0.15, -0.1) is 0 Å². The van der Waals surface area contributed by atoms with Gasteiger partial charge in [0.25, 0.3) is 0 Å². The first-order valence-corrected chi connectivity index (χ1v) is 8.17. The van der Waals surface area contributed by atoms with Crippen molar-refractivity contribution in [2.45, 2.75) is 24.2 Å². The summed E-state index contributed by atoms with van der Waals surface area (Å²) in [5.74, 6) is 0.148. The molecule has 3 nitrogen and oxygen atoms in total. The minimum Gasteiger partial charge on any atom is -0.330 e. The number of hydrogen-bond acceptors (Lipinski definition) is 3. The molecule has 0 saturated heterocycles. The fourth-order valence-corrected chi connectivity index (χ4v) is 4.45. The van der Waals surface area contributed by atoms with Crippen molar-refractivity contribution < 1.29 is 8.42 Å². The highest BCUT2D eigenvalue weighted by molar-refractivity contribution is 7.91. The average Bonchev–Trinajstić information content (AvgIpc) is 3.01. The van der Waals surface area contributed by atoms with Crippen LogP contribution in [0.5, 0.6) is 0 Å². The molecule has 0 amide bonds. The molecule has 0 radical (unpaired) electrons. The van der Waals surface area contributed by atoms with Crippen molar-refractivity contribution in [3.63, 3.8) is 0 Å². The fraction of sp³-hybridized carbons (Fsp3) is 0.500. The van der Waals surface area contributed by atoms with E-state index in [9.17, 15) is 8.42 Å². The van der Waals surface area contributed by atoms with E-state index in [1.165, 1.54) is 18.2 Å². The van der Waals surface area contributed by atoms with Crippen molar-refractivity contribution in [1.82, 2.24) is 0 Å². The monoisotopic (exact) mass is 307 g/mol. The van der Waals surface area contributed by atoms with Crippen molar-refractivity contribution in [3.05, 3.63) is 28.2 Å². The Morgan fingerprint density at radius 1 is 1.22 bits per heavy atom. The Morgan fingerprint density at radius 3 is 2.39 bits per heavy atom. The van der Waals surface area contributed by atoms with Crippen LogP contribution in [0.2, 0.25) is 10.0 Å². The van der Waals surface area contributed by atoms with Gasteiger partial charge in [-0.3, -0.25) is 0 Å². The van der Waals surface area contributed by atoms with Gasteiger partial charge in [0.15, 0.2) is 9.84 Å². The van der Waals surface area contributed by atoms with E-state index >= 15 is 0 Å². The van der Waals surface area contributed by atoms with Gasteiger partial charge in [0.05, 0.1) is 20.7 Å². The van der Waals surface area contributed by atoms with Crippen LogP contribution < -0.4 is 5.73 Å². The molecule has 1 aromatic carbocycles. The SMILES string of the molecule is NCCC1(CS(=O)(=O)c2ccc(Cl)c(Cl)c2)CC1. The van der Waals surface area contributed by atoms with Gasteiger partial charge in [0.2, 0.25) is 0 Å². The van der Waals surface area contributed by atoms with Crippen LogP contribution in [-0.4, -0.2) is 20.7 Å². The van der Waals surface area contributed by atoms with Crippen molar-refractivity contribution in [2.24, 2.45) is 11.1 Å². The lowest BCUT2D eigenvalue weighted by molar-refractivity contribution is 0.510. The van der Waals surface area contributed by atoms with E-state index in [0.29, 0.717) is 11.6 Å². The average molecular weight is 308 g/mol. The summed E-state index contributed by atoms with van der Waals surface area (Å²) in [5.41, 5.74) is 5.41. The first-order chi connectivity index (χ1) is 8.38. The molecule has 1 fully saturated rings. The maximum Gasteiger partial charge on any atom is 0.178 e. The summed E-state index contributed by atoms with van der Waals surface area (Å²) in [7, 11) is -3.32. The highest BCUT2D eigenvalue weighted by Crippen LogP contribution is 2.50. The molecular weight excluding hydrogens is 293 g/mol. The van der Waals surface area contributed by atoms with Crippen molar-refractivity contribution >= 4 is 33.0 Å². The van der Waals surface area contributed by atoms with Gasteiger partial charge in [0.1, 0.15) is 0 Å². The van der Waals surface area contributed by atoms with Crippen molar-refractivity contribution in [2.75, 3.05) is 12.3 Å². The first kappa shape index (κ1) is 14.1. The lowest BCUT2D eigenvalue weighted by atomic mass is 10.1. The highest BCUT2D eigenvalue weighted by atomic mass is 35.5. The Kier molecular flexibility index (Phi) is 3.93. The summed E-state index contributed by atoms with van der Waals surface area (Å²) in [6.45, 7) is 0.525. The van der Waals surface area contributed by atoms with Crippen LogP contribution in [-0.2, 0) is 9.84 Å². The maximum absolute atomic E-state index is 12.3. The first-order valence-electron chi connectivity index (χ1n) is 5.76. The second-order valence-corrected chi connectivity index (χ2v) is 7.68. The summed E-state index contributed by atoms with van der Waals surface area (Å²) in [6.07, 6.45) is 2.63. The van der Waals surface area contributed by atoms with Gasteiger partial charge >= 0.3 is 0 Å². The predicted molar refractivity (Wildman–Crippen MR) is 73.9 cm³/mol. The molecule has 18 heavy (non-hydrogen) atoms.